The molecule has 0 aromatic heterocycles. The lowest BCUT2D eigenvalue weighted by atomic mass is 11.5. The van der Waals surface area contributed by atoms with Gasteiger partial charge in [-0.1, -0.05) is 15.8 Å². The van der Waals surface area contributed by atoms with Crippen LogP contribution in [0.5, 0.6) is 0 Å². The van der Waals surface area contributed by atoms with Gasteiger partial charge in [0.25, 0.3) is 0 Å². The van der Waals surface area contributed by atoms with Gasteiger partial charge in [-0.15, -0.1) is 0 Å². The number of ether oxygens (including phenoxy) is 1. The van der Waals surface area contributed by atoms with E-state index in [4.69, 9.17) is 4.74 Å². The van der Waals surface area contributed by atoms with Gasteiger partial charge in [-0.25, -0.2) is 0 Å². The average molecular weight is 166 g/mol. The summed E-state index contributed by atoms with van der Waals surface area (Å²) in [5.41, 5.74) is 0. The molecule has 0 saturated carbocycles. The molecule has 0 N–H and O–H groups in total. The van der Waals surface area contributed by atoms with Crippen LogP contribution in [-0.2, 0) is 4.74 Å². The second-order valence-electron chi connectivity index (χ2n) is 2.62. The van der Waals surface area contributed by atoms with Crippen LogP contribution in [0.15, 0.2) is 0 Å². The molecule has 1 nitrogen and oxygen atoms in total. The topological polar surface area (TPSA) is 9.23 Å². The summed E-state index contributed by atoms with van der Waals surface area (Å²) in [6.07, 6.45) is 1.96. The third-order valence-corrected chi connectivity index (χ3v) is 2.10. The molecule has 0 heterocycles. The largest absolute Gasteiger partial charge is 0.373 e. The van der Waals surface area contributed by atoms with Gasteiger partial charge in [0.2, 0.25) is 0 Å². The maximum atomic E-state index is 5.41. The molecule has 0 atom stereocenters. The lowest BCUT2D eigenvalue weighted by Gasteiger charge is -2.08. The quantitative estimate of drug-likeness (QED) is 0.582. The minimum atomic E-state index is 0.157. The van der Waals surface area contributed by atoms with E-state index < -0.39 is 0 Å². The van der Waals surface area contributed by atoms with Crippen LogP contribution in [0.2, 0.25) is 0 Å². The highest BCUT2D eigenvalue weighted by Gasteiger charge is 1.94. The van der Waals surface area contributed by atoms with Gasteiger partial charge in [-0.05, 0) is 26.7 Å². The molecule has 0 aromatic carbocycles. The second kappa shape index (κ2) is 5.59. The monoisotopic (exact) mass is 166 g/mol. The number of rotatable bonds is 4. The molecule has 0 aliphatic rings. The highest BCUT2D eigenvalue weighted by atomic mass is 31.1. The van der Waals surface area contributed by atoms with E-state index >= 15 is 0 Å². The van der Waals surface area contributed by atoms with Gasteiger partial charge in [-0.3, -0.25) is 0 Å². The van der Waals surface area contributed by atoms with Gasteiger partial charge in [0.05, 0.1) is 12.7 Å². The third kappa shape index (κ3) is 8.82. The van der Waals surface area contributed by atoms with Gasteiger partial charge in [0.1, 0.15) is 0 Å². The zero-order valence-corrected chi connectivity index (χ0v) is 8.51. The van der Waals surface area contributed by atoms with E-state index in [1.807, 2.05) is 0 Å². The van der Waals surface area contributed by atoms with Crippen molar-refractivity contribution in [2.24, 2.45) is 0 Å². The standard InChI is InChI=1S/C6H16OP2/c1-8(2)5-7-6-9(3)4/h5-6H2,1-4H3. The van der Waals surface area contributed by atoms with Gasteiger partial charge in [-0.2, -0.15) is 0 Å². The van der Waals surface area contributed by atoms with E-state index in [2.05, 4.69) is 26.7 Å². The third-order valence-electron chi connectivity index (χ3n) is 0.699. The summed E-state index contributed by atoms with van der Waals surface area (Å²) in [6.45, 7) is 8.96. The van der Waals surface area contributed by atoms with Crippen molar-refractivity contribution >= 4 is 15.8 Å². The molecule has 0 aromatic rings. The Bertz CT molecular complexity index is 56.1. The van der Waals surface area contributed by atoms with Crippen LogP contribution < -0.4 is 0 Å². The van der Waals surface area contributed by atoms with Crippen LogP contribution in [0, 0.1) is 0 Å². The van der Waals surface area contributed by atoms with Crippen LogP contribution in [0.1, 0.15) is 0 Å². The van der Waals surface area contributed by atoms with Crippen LogP contribution in [-0.4, -0.2) is 39.4 Å². The zero-order chi connectivity index (χ0) is 7.28. The maximum Gasteiger partial charge on any atom is 0.0658 e. The average Bonchev–Trinajstić information content (AvgIpc) is 1.63. The SMILES string of the molecule is CP(C)COCP(C)C. The van der Waals surface area contributed by atoms with Crippen molar-refractivity contribution in [1.82, 2.24) is 0 Å². The molecule has 0 aliphatic carbocycles. The molecule has 3 heteroatoms. The summed E-state index contributed by atoms with van der Waals surface area (Å²) >= 11 is 0. The fourth-order valence-corrected chi connectivity index (χ4v) is 1.46. The number of hydrogen-bond acceptors (Lipinski definition) is 1. The van der Waals surface area contributed by atoms with Crippen molar-refractivity contribution in [1.29, 1.82) is 0 Å². The Morgan fingerprint density at radius 2 is 1.22 bits per heavy atom. The van der Waals surface area contributed by atoms with Crippen molar-refractivity contribution < 1.29 is 4.74 Å². The second-order valence-corrected chi connectivity index (χ2v) is 7.46. The molecule has 0 bridgehead atoms. The van der Waals surface area contributed by atoms with Crippen molar-refractivity contribution in [3.8, 4) is 0 Å². The van der Waals surface area contributed by atoms with E-state index in [1.54, 1.807) is 0 Å². The van der Waals surface area contributed by atoms with Gasteiger partial charge < -0.3 is 4.74 Å². The maximum absolute atomic E-state index is 5.41. The van der Waals surface area contributed by atoms with Gasteiger partial charge >= 0.3 is 0 Å². The normalized spacial score (nSPS) is 11.3. The minimum Gasteiger partial charge on any atom is -0.373 e. The Morgan fingerprint density at radius 3 is 1.44 bits per heavy atom. The predicted octanol–water partition coefficient (Wildman–Crippen LogP) is 2.40. The lowest BCUT2D eigenvalue weighted by molar-refractivity contribution is 0.234. The zero-order valence-electron chi connectivity index (χ0n) is 6.72. The molecule has 0 radical (unpaired) electrons. The molecule has 0 unspecified atom stereocenters. The Hall–Kier alpha value is 0.820. The summed E-state index contributed by atoms with van der Waals surface area (Å²) in [4.78, 5) is 0. The molecule has 56 valence electrons. The first kappa shape index (κ1) is 9.82. The van der Waals surface area contributed by atoms with E-state index in [9.17, 15) is 0 Å². The molecule has 0 saturated heterocycles. The first-order valence-corrected chi connectivity index (χ1v) is 7.84. The fraction of sp³-hybridized carbons (Fsp3) is 1.00. The van der Waals surface area contributed by atoms with Gasteiger partial charge in [0.15, 0.2) is 0 Å². The summed E-state index contributed by atoms with van der Waals surface area (Å²) in [6, 6.07) is 0. The van der Waals surface area contributed by atoms with Crippen molar-refractivity contribution in [3.05, 3.63) is 0 Å². The molecular formula is C6H16OP2. The Balaban J connectivity index is 2.91. The molecule has 0 amide bonds. The first-order chi connectivity index (χ1) is 4.13. The Labute approximate surface area is 60.7 Å². The summed E-state index contributed by atoms with van der Waals surface area (Å²) in [5, 5.41) is 0. The molecular weight excluding hydrogens is 150 g/mol. The van der Waals surface area contributed by atoms with E-state index in [1.165, 1.54) is 0 Å². The van der Waals surface area contributed by atoms with E-state index in [0.29, 0.717) is 0 Å². The Morgan fingerprint density at radius 1 is 0.889 bits per heavy atom. The Kier molecular flexibility index (Phi) is 6.10. The molecule has 9 heavy (non-hydrogen) atoms. The highest BCUT2D eigenvalue weighted by molar-refractivity contribution is 7.56. The van der Waals surface area contributed by atoms with Crippen molar-refractivity contribution in [2.75, 3.05) is 39.4 Å². The van der Waals surface area contributed by atoms with Crippen molar-refractivity contribution in [2.45, 2.75) is 0 Å². The van der Waals surface area contributed by atoms with E-state index in [0.717, 1.165) is 12.7 Å². The van der Waals surface area contributed by atoms with Crippen LogP contribution >= 0.6 is 15.8 Å². The van der Waals surface area contributed by atoms with Crippen molar-refractivity contribution in [3.63, 3.8) is 0 Å². The van der Waals surface area contributed by atoms with Crippen LogP contribution in [0.4, 0.5) is 0 Å². The highest BCUT2D eigenvalue weighted by Crippen LogP contribution is 2.28. The smallest absolute Gasteiger partial charge is 0.0658 e. The summed E-state index contributed by atoms with van der Waals surface area (Å²) < 4.78 is 5.41. The minimum absolute atomic E-state index is 0.157. The summed E-state index contributed by atoms with van der Waals surface area (Å²) in [5.74, 6) is 0. The molecule has 0 aliphatic heterocycles. The lowest BCUT2D eigenvalue weighted by Crippen LogP contribution is -1.91. The number of hydrogen-bond donors (Lipinski definition) is 0. The van der Waals surface area contributed by atoms with Crippen LogP contribution in [0.25, 0.3) is 0 Å². The fourth-order valence-electron chi connectivity index (χ4n) is 0.406. The first-order valence-electron chi connectivity index (χ1n) is 3.00. The molecule has 0 rings (SSSR count). The summed E-state index contributed by atoms with van der Waals surface area (Å²) in [7, 11) is 0.314. The van der Waals surface area contributed by atoms with Gasteiger partial charge in [0, 0.05) is 0 Å². The molecule has 0 spiro atoms. The predicted molar refractivity (Wildman–Crippen MR) is 48.4 cm³/mol. The molecule has 0 fully saturated rings. The van der Waals surface area contributed by atoms with Crippen LogP contribution in [0.3, 0.4) is 0 Å². The van der Waals surface area contributed by atoms with E-state index in [-0.39, 0.29) is 15.8 Å².